The molecule has 17 heteroatoms. The average molecular weight is 847 g/mol. The van der Waals surface area contributed by atoms with Crippen LogP contribution in [0, 0.1) is 11.3 Å². The number of halogens is 2. The number of fused-ring (bicyclic) bond motifs is 2. The van der Waals surface area contributed by atoms with E-state index in [2.05, 4.69) is 38.4 Å². The molecule has 3 aromatic carbocycles. The number of carbonyl (C=O) groups is 4. The maximum Gasteiger partial charge on any atom is 0.263 e. The van der Waals surface area contributed by atoms with E-state index in [4.69, 9.17) is 37.4 Å². The molecule has 0 radical (unpaired) electrons. The molecule has 7 rings (SSSR count). The van der Waals surface area contributed by atoms with E-state index in [0.29, 0.717) is 67.3 Å². The van der Waals surface area contributed by atoms with Crippen LogP contribution >= 0.6 is 34.6 Å². The molecule has 302 valence electrons. The number of methoxy groups -OCH3 is 2. The number of amides is 4. The van der Waals surface area contributed by atoms with Crippen molar-refractivity contribution >= 4 is 85.4 Å². The Labute approximate surface area is 348 Å². The van der Waals surface area contributed by atoms with Crippen LogP contribution in [-0.4, -0.2) is 108 Å². The average Bonchev–Trinajstić information content (AvgIpc) is 3.48. The van der Waals surface area contributed by atoms with Gasteiger partial charge in [0.1, 0.15) is 17.9 Å². The first kappa shape index (κ1) is 40.9. The van der Waals surface area contributed by atoms with Crippen LogP contribution in [0.15, 0.2) is 53.6 Å². The molecular formula is C41H41Cl2N7O7S. The fourth-order valence-corrected chi connectivity index (χ4v) is 9.18. The highest BCUT2D eigenvalue weighted by Crippen LogP contribution is 2.41. The van der Waals surface area contributed by atoms with Gasteiger partial charge in [-0.1, -0.05) is 36.2 Å². The summed E-state index contributed by atoms with van der Waals surface area (Å²) in [7, 11) is 3.07. The number of benzene rings is 3. The van der Waals surface area contributed by atoms with Crippen LogP contribution in [0.2, 0.25) is 10.0 Å². The number of rotatable bonds is 12. The fraction of sp³-hybridized carbons (Fsp3) is 0.341. The smallest absolute Gasteiger partial charge is 0.263 e. The number of pyridine rings is 1. The van der Waals surface area contributed by atoms with Crippen molar-refractivity contribution < 1.29 is 33.4 Å². The van der Waals surface area contributed by atoms with Crippen LogP contribution in [0.4, 0.5) is 11.4 Å². The van der Waals surface area contributed by atoms with Crippen LogP contribution in [0.1, 0.15) is 58.9 Å². The third-order valence-electron chi connectivity index (χ3n) is 10.4. The number of nitrogens with zero attached hydrogens (tertiary/aromatic N) is 5. The summed E-state index contributed by atoms with van der Waals surface area (Å²) >= 11 is 13.6. The van der Waals surface area contributed by atoms with Crippen LogP contribution < -0.4 is 24.8 Å². The summed E-state index contributed by atoms with van der Waals surface area (Å²) < 4.78 is 17.3. The minimum Gasteiger partial charge on any atom is -0.495 e. The van der Waals surface area contributed by atoms with Gasteiger partial charge in [-0.05, 0) is 43.5 Å². The van der Waals surface area contributed by atoms with Crippen molar-refractivity contribution in [3.05, 3.63) is 75.4 Å². The van der Waals surface area contributed by atoms with Gasteiger partial charge < -0.3 is 24.4 Å². The first-order chi connectivity index (χ1) is 28.0. The second-order valence-electron chi connectivity index (χ2n) is 13.8. The lowest BCUT2D eigenvalue weighted by molar-refractivity contribution is -0.136. The van der Waals surface area contributed by atoms with Crippen molar-refractivity contribution in [3.63, 3.8) is 0 Å². The van der Waals surface area contributed by atoms with Crippen molar-refractivity contribution in [2.75, 3.05) is 58.9 Å². The Morgan fingerprint density at radius 3 is 2.48 bits per heavy atom. The van der Waals surface area contributed by atoms with Gasteiger partial charge in [-0.15, -0.1) is 0 Å². The van der Waals surface area contributed by atoms with Gasteiger partial charge in [-0.2, -0.15) is 16.6 Å². The summed E-state index contributed by atoms with van der Waals surface area (Å²) in [6.07, 6.45) is 3.21. The fourth-order valence-electron chi connectivity index (χ4n) is 7.41. The first-order valence-corrected chi connectivity index (χ1v) is 20.4. The first-order valence-electron chi connectivity index (χ1n) is 18.8. The number of piperidine rings is 1. The van der Waals surface area contributed by atoms with Crippen molar-refractivity contribution in [2.45, 2.75) is 43.5 Å². The highest BCUT2D eigenvalue weighted by molar-refractivity contribution is 7.98. The molecule has 4 aromatic rings. The zero-order valence-corrected chi connectivity index (χ0v) is 34.5. The largest absolute Gasteiger partial charge is 0.495 e. The molecule has 0 spiro atoms. The monoisotopic (exact) mass is 845 g/mol. The molecule has 1 unspecified atom stereocenters. The molecule has 58 heavy (non-hydrogen) atoms. The molecule has 0 saturated carbocycles. The van der Waals surface area contributed by atoms with Crippen molar-refractivity contribution in [2.24, 2.45) is 0 Å². The van der Waals surface area contributed by atoms with Gasteiger partial charge in [0, 0.05) is 72.7 Å². The second kappa shape index (κ2) is 17.7. The van der Waals surface area contributed by atoms with E-state index in [1.165, 1.54) is 13.3 Å². The zero-order chi connectivity index (χ0) is 41.1. The second-order valence-corrected chi connectivity index (χ2v) is 15.9. The van der Waals surface area contributed by atoms with E-state index in [-0.39, 0.29) is 18.4 Å². The number of imide groups is 2. The van der Waals surface area contributed by atoms with Gasteiger partial charge in [-0.25, -0.2) is 0 Å². The van der Waals surface area contributed by atoms with Crippen LogP contribution in [0.25, 0.3) is 10.9 Å². The summed E-state index contributed by atoms with van der Waals surface area (Å²) in [5, 5.41) is 16.8. The molecule has 0 aliphatic carbocycles. The maximum atomic E-state index is 13.7. The molecule has 4 amide bonds. The third-order valence-corrected chi connectivity index (χ3v) is 12.5. The number of carbonyl (C=O) groups excluding carboxylic acids is 4. The highest BCUT2D eigenvalue weighted by atomic mass is 35.5. The third kappa shape index (κ3) is 8.21. The molecular weight excluding hydrogens is 805 g/mol. The van der Waals surface area contributed by atoms with E-state index in [9.17, 15) is 24.4 Å². The molecule has 1 atom stereocenters. The topological polar surface area (TPSA) is 166 Å². The summed E-state index contributed by atoms with van der Waals surface area (Å²) in [4.78, 5) is 63.4. The lowest BCUT2D eigenvalue weighted by Gasteiger charge is -2.35. The lowest BCUT2D eigenvalue weighted by atomic mass is 10.0. The number of aromatic nitrogens is 1. The number of thiol groups is 1. The summed E-state index contributed by atoms with van der Waals surface area (Å²) in [6, 6.07) is 13.3. The number of nitrogens with one attached hydrogen (secondary N) is 2. The minimum atomic E-state index is -1.00. The molecule has 2 saturated heterocycles. The Balaban J connectivity index is 0.969. The Morgan fingerprint density at radius 1 is 1.00 bits per heavy atom. The van der Waals surface area contributed by atoms with Crippen LogP contribution in [-0.2, 0) is 9.59 Å². The Kier molecular flexibility index (Phi) is 12.5. The number of nitriles is 1. The molecule has 2 N–H and O–H groups in total. The highest BCUT2D eigenvalue weighted by Gasteiger charge is 2.45. The molecule has 3 aliphatic heterocycles. The number of hydrogen-bond donors (Lipinski definition) is 3. The van der Waals surface area contributed by atoms with Gasteiger partial charge >= 0.3 is 0 Å². The number of hydrogen-bond acceptors (Lipinski definition) is 11. The zero-order valence-electron chi connectivity index (χ0n) is 32.1. The summed E-state index contributed by atoms with van der Waals surface area (Å²) in [5.41, 5.74) is 2.52. The van der Waals surface area contributed by atoms with Crippen molar-refractivity contribution in [3.8, 4) is 23.3 Å². The quantitative estimate of drug-likeness (QED) is 0.0658. The predicted octanol–water partition coefficient (Wildman–Crippen LogP) is 6.03. The molecule has 0 bridgehead atoms. The Bertz CT molecular complexity index is 2400. The van der Waals surface area contributed by atoms with Gasteiger partial charge in [0.15, 0.2) is 11.5 Å². The van der Waals surface area contributed by atoms with Crippen molar-refractivity contribution in [1.29, 1.82) is 5.26 Å². The van der Waals surface area contributed by atoms with E-state index in [0.717, 1.165) is 71.7 Å². The van der Waals surface area contributed by atoms with E-state index in [1.807, 2.05) is 6.07 Å². The van der Waals surface area contributed by atoms with Gasteiger partial charge in [-0.3, -0.25) is 39.3 Å². The molecule has 1 aromatic heterocycles. The maximum absolute atomic E-state index is 13.7. The standard InChI is InChI=1S/C41H41Cl2N7O7S/c1-4-36(58-34-8-5-7-24-37(34)41(54)50(40(24)53)30-9-10-35(51)47-39(30)52)49-14-12-48(13-15-49)11-6-16-57-33-19-28-25(17-32(33)56-3)38(23(21-44)22-45-28)46-29-20-31(55-2)27(43)18-26(29)42/h5,7-8,17-20,22,30,58H,4,6,9-16H2,1-3H3,(H,45,46)(H,47,51,52). The van der Waals surface area contributed by atoms with Crippen LogP contribution in [0.3, 0.4) is 0 Å². The predicted molar refractivity (Wildman–Crippen MR) is 223 cm³/mol. The van der Waals surface area contributed by atoms with Crippen molar-refractivity contribution in [1.82, 2.24) is 25.0 Å². The van der Waals surface area contributed by atoms with Crippen LogP contribution in [0.5, 0.6) is 17.2 Å². The van der Waals surface area contributed by atoms with Gasteiger partial charge in [0.05, 0.1) is 64.5 Å². The number of ether oxygens (including phenoxy) is 3. The van der Waals surface area contributed by atoms with E-state index >= 15 is 0 Å². The Hall–Kier alpha value is -5.24. The van der Waals surface area contributed by atoms with Gasteiger partial charge in [0.2, 0.25) is 11.8 Å². The minimum absolute atomic E-state index is 0.0732. The van der Waals surface area contributed by atoms with Gasteiger partial charge in [0.25, 0.3) is 11.8 Å². The molecule has 2 fully saturated rings. The SMILES string of the molecule is CCC(=[SH]c1cccc2c1C(=O)N(C1CCC(=O)NC1=O)C2=O)N1CCN(CCCOc2cc3ncc(C#N)c(Nc4cc(OC)c(Cl)cc4Cl)c3cc2OC)CC1. The molecule has 14 nitrogen and oxygen atoms in total. The Morgan fingerprint density at radius 2 is 1.78 bits per heavy atom. The number of anilines is 2. The summed E-state index contributed by atoms with van der Waals surface area (Å²) in [6.45, 7) is 6.65. The normalized spacial score (nSPS) is 17.8. The molecule has 4 heterocycles. The van der Waals surface area contributed by atoms with E-state index in [1.54, 1.807) is 43.5 Å². The molecule has 3 aliphatic rings. The lowest BCUT2D eigenvalue weighted by Crippen LogP contribution is -2.54. The number of piperazine rings is 1. The summed E-state index contributed by atoms with van der Waals surface area (Å²) in [5.74, 6) is -0.577. The van der Waals surface area contributed by atoms with E-state index < -0.39 is 29.7 Å².